The van der Waals surface area contributed by atoms with Crippen molar-refractivity contribution in [1.82, 2.24) is 15.2 Å². The minimum Gasteiger partial charge on any atom is -0.325 e. The molecule has 0 fully saturated rings. The Labute approximate surface area is 171 Å². The van der Waals surface area contributed by atoms with E-state index in [0.29, 0.717) is 11.5 Å². The number of para-hydroxylation sites is 1. The van der Waals surface area contributed by atoms with Crippen molar-refractivity contribution in [3.05, 3.63) is 66.0 Å². The number of hydrogen-bond acceptors (Lipinski definition) is 4. The molecular weight excluding hydrogens is 374 g/mol. The summed E-state index contributed by atoms with van der Waals surface area (Å²) in [4.78, 5) is 17.3. The molecule has 2 atom stereocenters. The maximum absolute atomic E-state index is 12.8. The standard InChI is InChI=1S/C21H25N5O.ClH/c1-13(2)19-24-20(26-25-19)16-11-7-8-12-17(16)23-21(27)14(3)18(22)15-9-5-4-6-10-15;/h4-14,18H,22H2,1-3H3,(H,23,27)(H,24,25,26);1H. The van der Waals surface area contributed by atoms with E-state index in [1.165, 1.54) is 0 Å². The molecule has 0 spiro atoms. The van der Waals surface area contributed by atoms with Crippen LogP contribution in [0, 0.1) is 5.92 Å². The van der Waals surface area contributed by atoms with E-state index in [4.69, 9.17) is 5.73 Å². The van der Waals surface area contributed by atoms with Gasteiger partial charge in [0.05, 0.1) is 11.6 Å². The fourth-order valence-electron chi connectivity index (χ4n) is 2.81. The number of carbonyl (C=O) groups excluding carboxylic acids is 1. The number of amides is 1. The number of nitrogens with zero attached hydrogens (tertiary/aromatic N) is 2. The van der Waals surface area contributed by atoms with Gasteiger partial charge < -0.3 is 11.1 Å². The first-order valence-corrected chi connectivity index (χ1v) is 9.10. The lowest BCUT2D eigenvalue weighted by Crippen LogP contribution is -2.30. The summed E-state index contributed by atoms with van der Waals surface area (Å²) >= 11 is 0. The number of carbonyl (C=O) groups is 1. The first kappa shape index (κ1) is 21.6. The van der Waals surface area contributed by atoms with Gasteiger partial charge in [-0.1, -0.05) is 63.2 Å². The van der Waals surface area contributed by atoms with Gasteiger partial charge in [0.15, 0.2) is 5.82 Å². The summed E-state index contributed by atoms with van der Waals surface area (Å²) in [7, 11) is 0. The first-order valence-electron chi connectivity index (χ1n) is 9.10. The molecule has 148 valence electrons. The number of rotatable bonds is 6. The van der Waals surface area contributed by atoms with Crippen LogP contribution < -0.4 is 11.1 Å². The van der Waals surface area contributed by atoms with Gasteiger partial charge in [-0.25, -0.2) is 4.98 Å². The fraction of sp³-hybridized carbons (Fsp3) is 0.286. The van der Waals surface area contributed by atoms with E-state index in [1.807, 2.05) is 75.4 Å². The predicted molar refractivity (Wildman–Crippen MR) is 114 cm³/mol. The van der Waals surface area contributed by atoms with E-state index in [2.05, 4.69) is 20.5 Å². The number of H-pyrrole nitrogens is 1. The minimum absolute atomic E-state index is 0. The van der Waals surface area contributed by atoms with Crippen molar-refractivity contribution in [2.45, 2.75) is 32.7 Å². The summed E-state index contributed by atoms with van der Waals surface area (Å²) in [5.74, 6) is 1.09. The number of aromatic amines is 1. The summed E-state index contributed by atoms with van der Waals surface area (Å²) in [6, 6.07) is 16.8. The highest BCUT2D eigenvalue weighted by Crippen LogP contribution is 2.27. The van der Waals surface area contributed by atoms with E-state index in [1.54, 1.807) is 0 Å². The van der Waals surface area contributed by atoms with Crippen LogP contribution in [-0.2, 0) is 4.79 Å². The number of hydrogen-bond donors (Lipinski definition) is 3. The molecule has 0 radical (unpaired) electrons. The van der Waals surface area contributed by atoms with Crippen LogP contribution in [0.3, 0.4) is 0 Å². The van der Waals surface area contributed by atoms with Crippen LogP contribution in [-0.4, -0.2) is 21.1 Å². The number of aromatic nitrogens is 3. The van der Waals surface area contributed by atoms with Gasteiger partial charge in [0.2, 0.25) is 5.91 Å². The molecule has 0 saturated heterocycles. The molecule has 2 unspecified atom stereocenters. The monoisotopic (exact) mass is 399 g/mol. The van der Waals surface area contributed by atoms with Crippen molar-refractivity contribution in [2.24, 2.45) is 11.7 Å². The average molecular weight is 400 g/mol. The van der Waals surface area contributed by atoms with Crippen LogP contribution in [0.4, 0.5) is 5.69 Å². The lowest BCUT2D eigenvalue weighted by atomic mass is 9.94. The molecule has 0 saturated carbocycles. The highest BCUT2D eigenvalue weighted by Gasteiger charge is 2.23. The third kappa shape index (κ3) is 4.77. The Hall–Kier alpha value is -2.70. The molecule has 2 aromatic carbocycles. The van der Waals surface area contributed by atoms with E-state index in [9.17, 15) is 4.79 Å². The zero-order chi connectivity index (χ0) is 19.4. The van der Waals surface area contributed by atoms with Crippen molar-refractivity contribution in [2.75, 3.05) is 5.32 Å². The summed E-state index contributed by atoms with van der Waals surface area (Å²) in [6.07, 6.45) is 0. The minimum atomic E-state index is -0.390. The molecule has 7 heteroatoms. The second kappa shape index (κ2) is 9.48. The summed E-state index contributed by atoms with van der Waals surface area (Å²) in [5, 5.41) is 10.2. The van der Waals surface area contributed by atoms with Gasteiger partial charge in [-0.3, -0.25) is 9.89 Å². The molecule has 1 aromatic heterocycles. The smallest absolute Gasteiger partial charge is 0.229 e. The third-order valence-corrected chi connectivity index (χ3v) is 4.61. The van der Waals surface area contributed by atoms with Crippen LogP contribution in [0.25, 0.3) is 11.4 Å². The lowest BCUT2D eigenvalue weighted by Gasteiger charge is -2.20. The maximum atomic E-state index is 12.8. The molecular formula is C21H26ClN5O. The third-order valence-electron chi connectivity index (χ3n) is 4.61. The van der Waals surface area contributed by atoms with Crippen molar-refractivity contribution in [3.63, 3.8) is 0 Å². The largest absolute Gasteiger partial charge is 0.325 e. The van der Waals surface area contributed by atoms with Crippen molar-refractivity contribution in [3.8, 4) is 11.4 Å². The predicted octanol–water partition coefficient (Wildman–Crippen LogP) is 4.29. The molecule has 1 heterocycles. The molecule has 6 nitrogen and oxygen atoms in total. The molecule has 0 aliphatic rings. The summed E-state index contributed by atoms with van der Waals surface area (Å²) < 4.78 is 0. The Balaban J connectivity index is 0.00000280. The Morgan fingerprint density at radius 2 is 1.68 bits per heavy atom. The highest BCUT2D eigenvalue weighted by atomic mass is 35.5. The molecule has 3 aromatic rings. The quantitative estimate of drug-likeness (QED) is 0.575. The molecule has 1 amide bonds. The van der Waals surface area contributed by atoms with Crippen LogP contribution in [0.2, 0.25) is 0 Å². The first-order chi connectivity index (χ1) is 13.0. The highest BCUT2D eigenvalue weighted by molar-refractivity contribution is 5.96. The van der Waals surface area contributed by atoms with Crippen LogP contribution in [0.15, 0.2) is 54.6 Å². The Bertz CT molecular complexity index is 910. The lowest BCUT2D eigenvalue weighted by molar-refractivity contribution is -0.120. The van der Waals surface area contributed by atoms with Crippen molar-refractivity contribution in [1.29, 1.82) is 0 Å². The molecule has 0 bridgehead atoms. The van der Waals surface area contributed by atoms with E-state index < -0.39 is 0 Å². The zero-order valence-corrected chi connectivity index (χ0v) is 17.0. The van der Waals surface area contributed by atoms with Gasteiger partial charge in [-0.15, -0.1) is 12.4 Å². The van der Waals surface area contributed by atoms with Gasteiger partial charge in [0.1, 0.15) is 5.82 Å². The Morgan fingerprint density at radius 1 is 1.04 bits per heavy atom. The normalized spacial score (nSPS) is 12.9. The van der Waals surface area contributed by atoms with Gasteiger partial charge in [-0.05, 0) is 17.7 Å². The van der Waals surface area contributed by atoms with Crippen molar-refractivity contribution >= 4 is 24.0 Å². The number of nitrogens with two attached hydrogens (primary N) is 1. The fourth-order valence-corrected chi connectivity index (χ4v) is 2.81. The van der Waals surface area contributed by atoms with Gasteiger partial charge in [0, 0.05) is 17.5 Å². The van der Waals surface area contributed by atoms with E-state index in [-0.39, 0.29) is 36.2 Å². The molecule has 4 N–H and O–H groups in total. The molecule has 0 aliphatic carbocycles. The second-order valence-electron chi connectivity index (χ2n) is 6.96. The number of halogens is 1. The van der Waals surface area contributed by atoms with Crippen LogP contribution in [0.5, 0.6) is 0 Å². The van der Waals surface area contributed by atoms with Gasteiger partial charge >= 0.3 is 0 Å². The van der Waals surface area contributed by atoms with Crippen LogP contribution >= 0.6 is 12.4 Å². The molecule has 28 heavy (non-hydrogen) atoms. The van der Waals surface area contributed by atoms with Crippen molar-refractivity contribution < 1.29 is 4.79 Å². The Morgan fingerprint density at radius 3 is 2.32 bits per heavy atom. The molecule has 3 rings (SSSR count). The second-order valence-corrected chi connectivity index (χ2v) is 6.96. The number of nitrogens with one attached hydrogen (secondary N) is 2. The van der Waals surface area contributed by atoms with Gasteiger partial charge in [0.25, 0.3) is 0 Å². The summed E-state index contributed by atoms with van der Waals surface area (Å²) in [5.41, 5.74) is 8.67. The number of benzene rings is 2. The Kier molecular flexibility index (Phi) is 7.31. The van der Waals surface area contributed by atoms with E-state index >= 15 is 0 Å². The van der Waals surface area contributed by atoms with Gasteiger partial charge in [-0.2, -0.15) is 5.10 Å². The maximum Gasteiger partial charge on any atom is 0.229 e. The molecule has 0 aliphatic heterocycles. The topological polar surface area (TPSA) is 96.7 Å². The van der Waals surface area contributed by atoms with E-state index in [0.717, 1.165) is 17.0 Å². The SMILES string of the molecule is CC(C)c1nc(-c2ccccc2NC(=O)C(C)C(N)c2ccccc2)n[nH]1.Cl. The average Bonchev–Trinajstić information content (AvgIpc) is 3.18. The summed E-state index contributed by atoms with van der Waals surface area (Å²) in [6.45, 7) is 5.93. The zero-order valence-electron chi connectivity index (χ0n) is 16.2. The van der Waals surface area contributed by atoms with Crippen LogP contribution in [0.1, 0.15) is 44.1 Å². The number of anilines is 1.